The second kappa shape index (κ2) is 7.95. The van der Waals surface area contributed by atoms with E-state index in [9.17, 15) is 9.59 Å². The predicted molar refractivity (Wildman–Crippen MR) is 101 cm³/mol. The van der Waals surface area contributed by atoms with E-state index in [1.54, 1.807) is 12.1 Å². The summed E-state index contributed by atoms with van der Waals surface area (Å²) in [5.74, 6) is 0.318. The lowest BCUT2D eigenvalue weighted by atomic mass is 10.2. The molecule has 1 aliphatic heterocycles. The molecule has 3 amide bonds. The largest absolute Gasteiger partial charge is 0.459 e. The number of amides is 3. The molecule has 0 atom stereocenters. The molecule has 0 aliphatic carbocycles. The number of hydrogen-bond donors (Lipinski definition) is 2. The molecule has 2 aromatic rings. The zero-order valence-electron chi connectivity index (χ0n) is 15.1. The maximum absolute atomic E-state index is 12.3. The second-order valence-corrected chi connectivity index (χ2v) is 6.56. The van der Waals surface area contributed by atoms with E-state index in [1.165, 1.54) is 6.26 Å². The van der Waals surface area contributed by atoms with Gasteiger partial charge in [0.1, 0.15) is 0 Å². The number of carbonyl (C=O) groups excluding carboxylic acids is 2. The smallest absolute Gasteiger partial charge is 0.319 e. The van der Waals surface area contributed by atoms with Crippen LogP contribution in [0.2, 0.25) is 0 Å². The first-order chi connectivity index (χ1) is 12.5. The van der Waals surface area contributed by atoms with Gasteiger partial charge in [-0.05, 0) is 50.2 Å². The molecule has 7 heteroatoms. The summed E-state index contributed by atoms with van der Waals surface area (Å²) < 4.78 is 5.18. The van der Waals surface area contributed by atoms with Gasteiger partial charge in [-0.15, -0.1) is 0 Å². The minimum Gasteiger partial charge on any atom is -0.459 e. The first kappa shape index (κ1) is 17.8. The lowest BCUT2D eigenvalue weighted by Crippen LogP contribution is -2.48. The summed E-state index contributed by atoms with van der Waals surface area (Å²) in [4.78, 5) is 28.1. The normalized spacial score (nSPS) is 14.4. The van der Waals surface area contributed by atoms with Crippen LogP contribution >= 0.6 is 0 Å². The van der Waals surface area contributed by atoms with Crippen molar-refractivity contribution in [2.45, 2.75) is 19.9 Å². The highest BCUT2D eigenvalue weighted by molar-refractivity contribution is 5.91. The maximum atomic E-state index is 12.3. The topological polar surface area (TPSA) is 77.8 Å². The number of benzene rings is 1. The third-order valence-corrected chi connectivity index (χ3v) is 4.21. The highest BCUT2D eigenvalue weighted by Crippen LogP contribution is 2.20. The van der Waals surface area contributed by atoms with Crippen molar-refractivity contribution in [2.24, 2.45) is 0 Å². The van der Waals surface area contributed by atoms with E-state index >= 15 is 0 Å². The Hall–Kier alpha value is -2.96. The Morgan fingerprint density at radius 2 is 1.73 bits per heavy atom. The molecule has 138 valence electrons. The average Bonchev–Trinajstić information content (AvgIpc) is 3.16. The predicted octanol–water partition coefficient (Wildman–Crippen LogP) is 2.77. The van der Waals surface area contributed by atoms with E-state index in [1.807, 2.05) is 43.0 Å². The van der Waals surface area contributed by atoms with Gasteiger partial charge < -0.3 is 24.9 Å². The molecule has 1 saturated heterocycles. The lowest BCUT2D eigenvalue weighted by molar-refractivity contribution is 0.0714. The standard InChI is InChI=1S/C19H24N4O3/c1-14(2)20-19(25)21-15-5-7-16(8-6-15)22-9-11-23(12-10-22)18(24)17-4-3-13-26-17/h3-8,13-14H,9-12H2,1-2H3,(H2,20,21,25). The van der Waals surface area contributed by atoms with Crippen molar-refractivity contribution in [3.63, 3.8) is 0 Å². The van der Waals surface area contributed by atoms with E-state index in [2.05, 4.69) is 15.5 Å². The molecule has 1 aromatic carbocycles. The molecule has 2 heterocycles. The Morgan fingerprint density at radius 1 is 1.04 bits per heavy atom. The van der Waals surface area contributed by atoms with Crippen LogP contribution in [-0.4, -0.2) is 49.1 Å². The van der Waals surface area contributed by atoms with Crippen molar-refractivity contribution in [3.05, 3.63) is 48.4 Å². The molecule has 26 heavy (non-hydrogen) atoms. The first-order valence-electron chi connectivity index (χ1n) is 8.78. The molecule has 0 radical (unpaired) electrons. The number of rotatable bonds is 4. The number of nitrogens with zero attached hydrogens (tertiary/aromatic N) is 2. The SMILES string of the molecule is CC(C)NC(=O)Nc1ccc(N2CCN(C(=O)c3ccco3)CC2)cc1. The number of piperazine rings is 1. The van der Waals surface area contributed by atoms with E-state index < -0.39 is 0 Å². The molecule has 3 rings (SSSR count). The van der Waals surface area contributed by atoms with Gasteiger partial charge in [0.2, 0.25) is 0 Å². The van der Waals surface area contributed by atoms with Crippen molar-refractivity contribution in [2.75, 3.05) is 36.4 Å². The van der Waals surface area contributed by atoms with Crippen LogP contribution in [0.5, 0.6) is 0 Å². The number of urea groups is 1. The van der Waals surface area contributed by atoms with Crippen molar-refractivity contribution in [1.82, 2.24) is 10.2 Å². The van der Waals surface area contributed by atoms with E-state index in [4.69, 9.17) is 4.42 Å². The third-order valence-electron chi connectivity index (χ3n) is 4.21. The van der Waals surface area contributed by atoms with Crippen LogP contribution in [0, 0.1) is 0 Å². The minimum absolute atomic E-state index is 0.0645. The van der Waals surface area contributed by atoms with Crippen LogP contribution in [0.15, 0.2) is 47.1 Å². The summed E-state index contributed by atoms with van der Waals surface area (Å²) in [7, 11) is 0. The lowest BCUT2D eigenvalue weighted by Gasteiger charge is -2.35. The summed E-state index contributed by atoms with van der Waals surface area (Å²) in [5.41, 5.74) is 1.82. The zero-order valence-corrected chi connectivity index (χ0v) is 15.1. The maximum Gasteiger partial charge on any atom is 0.319 e. The van der Waals surface area contributed by atoms with Crippen LogP contribution in [-0.2, 0) is 0 Å². The number of furan rings is 1. The average molecular weight is 356 g/mol. The van der Waals surface area contributed by atoms with Crippen LogP contribution in [0.1, 0.15) is 24.4 Å². The molecule has 1 aromatic heterocycles. The number of hydrogen-bond acceptors (Lipinski definition) is 4. The first-order valence-corrected chi connectivity index (χ1v) is 8.78. The Labute approximate surface area is 153 Å². The van der Waals surface area contributed by atoms with Gasteiger partial charge in [-0.2, -0.15) is 0 Å². The molecule has 0 saturated carbocycles. The van der Waals surface area contributed by atoms with Crippen molar-refractivity contribution in [3.8, 4) is 0 Å². The number of carbonyl (C=O) groups is 2. The summed E-state index contributed by atoms with van der Waals surface area (Å²) in [6, 6.07) is 11.0. The highest BCUT2D eigenvalue weighted by Gasteiger charge is 2.23. The molecule has 7 nitrogen and oxygen atoms in total. The fourth-order valence-corrected chi connectivity index (χ4v) is 2.91. The zero-order chi connectivity index (χ0) is 18.5. The molecule has 0 bridgehead atoms. The van der Waals surface area contributed by atoms with E-state index in [0.717, 1.165) is 24.5 Å². The van der Waals surface area contributed by atoms with Crippen molar-refractivity contribution in [1.29, 1.82) is 0 Å². The molecular formula is C19H24N4O3. The van der Waals surface area contributed by atoms with Crippen LogP contribution in [0.3, 0.4) is 0 Å². The summed E-state index contributed by atoms with van der Waals surface area (Å²) >= 11 is 0. The molecule has 0 spiro atoms. The highest BCUT2D eigenvalue weighted by atomic mass is 16.3. The second-order valence-electron chi connectivity index (χ2n) is 6.56. The van der Waals surface area contributed by atoms with Crippen LogP contribution in [0.25, 0.3) is 0 Å². The Morgan fingerprint density at radius 3 is 2.31 bits per heavy atom. The fraction of sp³-hybridized carbons (Fsp3) is 0.368. The van der Waals surface area contributed by atoms with Crippen LogP contribution < -0.4 is 15.5 Å². The number of nitrogens with one attached hydrogen (secondary N) is 2. The Kier molecular flexibility index (Phi) is 5.46. The minimum atomic E-state index is -0.210. The monoisotopic (exact) mass is 356 g/mol. The van der Waals surface area contributed by atoms with Gasteiger partial charge >= 0.3 is 6.03 Å². The molecule has 1 fully saturated rings. The van der Waals surface area contributed by atoms with Crippen LogP contribution in [0.4, 0.5) is 16.2 Å². The Balaban J connectivity index is 1.53. The van der Waals surface area contributed by atoms with Gasteiger partial charge in [0, 0.05) is 43.6 Å². The summed E-state index contributed by atoms with van der Waals surface area (Å²) in [5, 5.41) is 5.60. The van der Waals surface area contributed by atoms with Gasteiger partial charge in [-0.25, -0.2) is 4.79 Å². The van der Waals surface area contributed by atoms with E-state index in [0.29, 0.717) is 18.8 Å². The molecule has 0 unspecified atom stereocenters. The molecule has 1 aliphatic rings. The summed E-state index contributed by atoms with van der Waals surface area (Å²) in [6.45, 7) is 6.64. The molecular weight excluding hydrogens is 332 g/mol. The van der Waals surface area contributed by atoms with Crippen molar-refractivity contribution < 1.29 is 14.0 Å². The van der Waals surface area contributed by atoms with Crippen molar-refractivity contribution >= 4 is 23.3 Å². The fourth-order valence-electron chi connectivity index (χ4n) is 2.91. The number of anilines is 2. The van der Waals surface area contributed by atoms with Gasteiger partial charge in [-0.3, -0.25) is 4.79 Å². The van der Waals surface area contributed by atoms with Gasteiger partial charge in [0.25, 0.3) is 5.91 Å². The summed E-state index contributed by atoms with van der Waals surface area (Å²) in [6.07, 6.45) is 1.51. The van der Waals surface area contributed by atoms with Gasteiger partial charge in [0.05, 0.1) is 6.26 Å². The molecule has 2 N–H and O–H groups in total. The van der Waals surface area contributed by atoms with Gasteiger partial charge in [0.15, 0.2) is 5.76 Å². The third kappa shape index (κ3) is 4.36. The Bertz CT molecular complexity index is 733. The van der Waals surface area contributed by atoms with Gasteiger partial charge in [-0.1, -0.05) is 0 Å². The van der Waals surface area contributed by atoms with E-state index in [-0.39, 0.29) is 18.0 Å². The quantitative estimate of drug-likeness (QED) is 0.883.